The van der Waals surface area contributed by atoms with Crippen molar-refractivity contribution in [2.45, 2.75) is 51.4 Å². The van der Waals surface area contributed by atoms with Crippen LogP contribution in [0, 0.1) is 5.82 Å². The Labute approximate surface area is 203 Å². The predicted molar refractivity (Wildman–Crippen MR) is 129 cm³/mol. The first-order chi connectivity index (χ1) is 16.9. The smallest absolute Gasteiger partial charge is 0.251 e. The Hall–Kier alpha value is -3.73. The van der Waals surface area contributed by atoms with Gasteiger partial charge in [-0.15, -0.1) is 0 Å². The van der Waals surface area contributed by atoms with E-state index in [2.05, 4.69) is 44.9 Å². The van der Waals surface area contributed by atoms with Gasteiger partial charge in [-0.1, -0.05) is 0 Å². The first-order valence-corrected chi connectivity index (χ1v) is 11.5. The van der Waals surface area contributed by atoms with Crippen LogP contribution >= 0.6 is 0 Å². The minimum absolute atomic E-state index is 0.0329. The lowest BCUT2D eigenvalue weighted by atomic mass is 9.95. The number of carbonyl (C=O) groups is 1. The second kappa shape index (κ2) is 10.7. The van der Waals surface area contributed by atoms with E-state index in [0.29, 0.717) is 29.8 Å². The molecule has 3 aromatic rings. The van der Waals surface area contributed by atoms with Crippen molar-refractivity contribution in [2.24, 2.45) is 0 Å². The third-order valence-corrected chi connectivity index (χ3v) is 5.90. The van der Waals surface area contributed by atoms with Crippen LogP contribution in [0.15, 0.2) is 36.9 Å². The molecular weight excluding hydrogens is 453 g/mol. The summed E-state index contributed by atoms with van der Waals surface area (Å²) >= 11 is 0. The van der Waals surface area contributed by atoms with Crippen LogP contribution in [0.3, 0.4) is 0 Å². The van der Waals surface area contributed by atoms with Gasteiger partial charge < -0.3 is 25.4 Å². The molecule has 4 rings (SSSR count). The molecule has 1 saturated heterocycles. The second-order valence-electron chi connectivity index (χ2n) is 8.69. The molecule has 1 aliphatic rings. The molecule has 186 valence electrons. The zero-order valence-electron chi connectivity index (χ0n) is 20.2. The van der Waals surface area contributed by atoms with E-state index < -0.39 is 5.82 Å². The number of piperidine rings is 1. The van der Waals surface area contributed by atoms with Crippen LogP contribution in [0.5, 0.6) is 11.5 Å². The molecule has 0 spiro atoms. The molecule has 1 unspecified atom stereocenters. The number of benzene rings is 1. The topological polar surface area (TPSA) is 115 Å². The zero-order chi connectivity index (χ0) is 24.9. The highest BCUT2D eigenvalue weighted by molar-refractivity contribution is 5.94. The Morgan fingerprint density at radius 3 is 2.57 bits per heavy atom. The fraction of sp³-hybridized carbons (Fsp3) is 0.417. The van der Waals surface area contributed by atoms with Crippen LogP contribution in [-0.2, 0) is 6.61 Å². The van der Waals surface area contributed by atoms with Crippen LogP contribution in [0.2, 0.25) is 0 Å². The van der Waals surface area contributed by atoms with E-state index in [4.69, 9.17) is 9.47 Å². The molecule has 3 heterocycles. The maximum absolute atomic E-state index is 14.6. The summed E-state index contributed by atoms with van der Waals surface area (Å²) in [6.07, 6.45) is 8.74. The van der Waals surface area contributed by atoms with Gasteiger partial charge in [0.1, 0.15) is 6.61 Å². The highest BCUT2D eigenvalue weighted by atomic mass is 19.1. The largest absolute Gasteiger partial charge is 0.494 e. The van der Waals surface area contributed by atoms with Gasteiger partial charge >= 0.3 is 0 Å². The summed E-state index contributed by atoms with van der Waals surface area (Å²) in [5, 5.41) is 13.7. The number of nitrogens with zero attached hydrogens (tertiary/aromatic N) is 4. The van der Waals surface area contributed by atoms with Gasteiger partial charge in [0.05, 0.1) is 37.4 Å². The van der Waals surface area contributed by atoms with E-state index in [1.54, 1.807) is 6.20 Å². The lowest BCUT2D eigenvalue weighted by Crippen LogP contribution is -2.43. The molecule has 1 fully saturated rings. The monoisotopic (exact) mass is 483 g/mol. The lowest BCUT2D eigenvalue weighted by Gasteiger charge is -2.32. The van der Waals surface area contributed by atoms with Gasteiger partial charge in [-0.2, -0.15) is 5.10 Å². The number of rotatable bonds is 8. The van der Waals surface area contributed by atoms with Gasteiger partial charge in [0.2, 0.25) is 5.95 Å². The summed E-state index contributed by atoms with van der Waals surface area (Å²) in [5.41, 5.74) is 1.24. The Morgan fingerprint density at radius 2 is 1.91 bits per heavy atom. The molecule has 0 bridgehead atoms. The van der Waals surface area contributed by atoms with E-state index >= 15 is 0 Å². The molecule has 0 aliphatic carbocycles. The maximum Gasteiger partial charge on any atom is 0.251 e. The number of halogens is 1. The molecule has 1 amide bonds. The standard InChI is InChI=1S/C24H30FN7O3/c1-14-5-19(6-15(2)30-14)32-12-18(9-29-32)31-24-27-10-20(11-28-24)35-13-17-7-16(23(33)26-3)8-21(34-4)22(17)25/h7-12,14-15,19,30H,5-6,13H2,1-4H3,(H,26,33)(H,27,28,31)/t14-,15+,19?. The van der Waals surface area contributed by atoms with E-state index in [0.717, 1.165) is 18.5 Å². The Morgan fingerprint density at radius 1 is 1.20 bits per heavy atom. The van der Waals surface area contributed by atoms with E-state index in [1.807, 2.05) is 10.9 Å². The molecule has 35 heavy (non-hydrogen) atoms. The third kappa shape index (κ3) is 5.86. The summed E-state index contributed by atoms with van der Waals surface area (Å²) in [6, 6.07) is 4.00. The summed E-state index contributed by atoms with van der Waals surface area (Å²) < 4.78 is 27.3. The maximum atomic E-state index is 14.6. The highest BCUT2D eigenvalue weighted by Gasteiger charge is 2.25. The molecule has 11 heteroatoms. The second-order valence-corrected chi connectivity index (χ2v) is 8.69. The molecule has 3 atom stereocenters. The Kier molecular flexibility index (Phi) is 7.45. The summed E-state index contributed by atoms with van der Waals surface area (Å²) in [5.74, 6) is -0.231. The normalized spacial score (nSPS) is 19.7. The number of methoxy groups -OCH3 is 1. The van der Waals surface area contributed by atoms with Gasteiger partial charge in [-0.25, -0.2) is 14.4 Å². The first-order valence-electron chi connectivity index (χ1n) is 11.5. The average molecular weight is 484 g/mol. The van der Waals surface area contributed by atoms with E-state index in [1.165, 1.54) is 38.7 Å². The van der Waals surface area contributed by atoms with Crippen molar-refractivity contribution in [1.82, 2.24) is 30.4 Å². The minimum atomic E-state index is -0.589. The fourth-order valence-electron chi connectivity index (χ4n) is 4.28. The van der Waals surface area contributed by atoms with Crippen LogP contribution < -0.4 is 25.4 Å². The average Bonchev–Trinajstić information content (AvgIpc) is 3.32. The van der Waals surface area contributed by atoms with E-state index in [-0.39, 0.29) is 29.4 Å². The van der Waals surface area contributed by atoms with Crippen molar-refractivity contribution in [3.05, 3.63) is 53.9 Å². The molecule has 0 radical (unpaired) electrons. The third-order valence-electron chi connectivity index (χ3n) is 5.90. The quantitative estimate of drug-likeness (QED) is 0.448. The number of amides is 1. The molecule has 2 aromatic heterocycles. The molecule has 0 saturated carbocycles. The highest BCUT2D eigenvalue weighted by Crippen LogP contribution is 2.27. The fourth-order valence-corrected chi connectivity index (χ4v) is 4.28. The SMILES string of the molecule is CNC(=O)c1cc(COc2cnc(Nc3cnn(C4C[C@@H](C)N[C@@H](C)C4)c3)nc2)c(F)c(OC)c1. The molecule has 10 nitrogen and oxygen atoms in total. The number of hydrogen-bond acceptors (Lipinski definition) is 8. The van der Waals surface area contributed by atoms with Crippen molar-refractivity contribution in [3.63, 3.8) is 0 Å². The van der Waals surface area contributed by atoms with Crippen LogP contribution in [0.1, 0.15) is 48.7 Å². The van der Waals surface area contributed by atoms with Crippen molar-refractivity contribution in [2.75, 3.05) is 19.5 Å². The number of hydrogen-bond donors (Lipinski definition) is 3. The molecule has 1 aliphatic heterocycles. The van der Waals surface area contributed by atoms with E-state index in [9.17, 15) is 9.18 Å². The van der Waals surface area contributed by atoms with Crippen molar-refractivity contribution < 1.29 is 18.7 Å². The predicted octanol–water partition coefficient (Wildman–Crippen LogP) is 3.20. The van der Waals surface area contributed by atoms with Crippen molar-refractivity contribution in [3.8, 4) is 11.5 Å². The number of aromatic nitrogens is 4. The summed E-state index contributed by atoms with van der Waals surface area (Å²) in [7, 11) is 2.84. The summed E-state index contributed by atoms with van der Waals surface area (Å²) in [4.78, 5) is 20.5. The Balaban J connectivity index is 1.38. The number of ether oxygens (including phenoxy) is 2. The molecule has 3 N–H and O–H groups in total. The number of nitrogens with one attached hydrogen (secondary N) is 3. The van der Waals surface area contributed by atoms with Crippen molar-refractivity contribution in [1.29, 1.82) is 0 Å². The number of carbonyl (C=O) groups excluding carboxylic acids is 1. The van der Waals surface area contributed by atoms with Gasteiger partial charge in [0.25, 0.3) is 5.91 Å². The van der Waals surface area contributed by atoms with Crippen LogP contribution in [-0.4, -0.2) is 51.9 Å². The van der Waals surface area contributed by atoms with Gasteiger partial charge in [-0.3, -0.25) is 9.48 Å². The van der Waals surface area contributed by atoms with Crippen molar-refractivity contribution >= 4 is 17.5 Å². The number of anilines is 2. The molecular formula is C24H30FN7O3. The lowest BCUT2D eigenvalue weighted by molar-refractivity contribution is 0.0962. The summed E-state index contributed by atoms with van der Waals surface area (Å²) in [6.45, 7) is 4.25. The van der Waals surface area contributed by atoms with Crippen LogP contribution in [0.25, 0.3) is 0 Å². The first kappa shape index (κ1) is 24.4. The molecule has 1 aromatic carbocycles. The van der Waals surface area contributed by atoms with Gasteiger partial charge in [0, 0.05) is 36.5 Å². The minimum Gasteiger partial charge on any atom is -0.494 e. The van der Waals surface area contributed by atoms with Gasteiger partial charge in [0.15, 0.2) is 17.3 Å². The van der Waals surface area contributed by atoms with Crippen LogP contribution in [0.4, 0.5) is 16.0 Å². The van der Waals surface area contributed by atoms with Gasteiger partial charge in [-0.05, 0) is 38.8 Å². The zero-order valence-corrected chi connectivity index (χ0v) is 20.2. The Bertz CT molecular complexity index is 1160.